The Kier molecular flexibility index (Phi) is 5.73. The van der Waals surface area contributed by atoms with E-state index < -0.39 is 0 Å². The molecule has 1 saturated heterocycles. The zero-order valence-corrected chi connectivity index (χ0v) is 18.3. The Bertz CT molecular complexity index is 1170. The van der Waals surface area contributed by atoms with Gasteiger partial charge in [-0.05, 0) is 43.0 Å². The number of para-hydroxylation sites is 2. The molecule has 2 N–H and O–H groups in total. The average molecular weight is 447 g/mol. The topological polar surface area (TPSA) is 94.9 Å². The third-order valence-electron chi connectivity index (χ3n) is 6.27. The molecule has 5 rings (SSSR count). The molecular formula is C25H26N4O4. The first-order chi connectivity index (χ1) is 16.1. The highest BCUT2D eigenvalue weighted by molar-refractivity contribution is 5.98. The van der Waals surface area contributed by atoms with Crippen LogP contribution >= 0.6 is 0 Å². The molecule has 2 aliphatic rings. The summed E-state index contributed by atoms with van der Waals surface area (Å²) in [7, 11) is 0. The number of amides is 4. The second kappa shape index (κ2) is 8.97. The van der Waals surface area contributed by atoms with Gasteiger partial charge in [-0.3, -0.25) is 9.59 Å². The predicted octanol–water partition coefficient (Wildman–Crippen LogP) is 2.93. The molecule has 2 aromatic carbocycles. The quantitative estimate of drug-likeness (QED) is 0.644. The number of nitrogens with zero attached hydrogens (tertiary/aromatic N) is 2. The summed E-state index contributed by atoms with van der Waals surface area (Å²) in [6.45, 7) is 1.55. The number of urea groups is 1. The number of hydrogen-bond donors (Lipinski definition) is 2. The number of likely N-dealkylation sites (tertiary alicyclic amines) is 1. The van der Waals surface area contributed by atoms with Crippen LogP contribution in [0.2, 0.25) is 0 Å². The molecule has 0 spiro atoms. The Morgan fingerprint density at radius 1 is 1.03 bits per heavy atom. The molecule has 0 radical (unpaired) electrons. The Morgan fingerprint density at radius 3 is 2.73 bits per heavy atom. The number of piperidine rings is 1. The fraction of sp³-hybridized carbons (Fsp3) is 0.320. The van der Waals surface area contributed by atoms with Gasteiger partial charge in [0.2, 0.25) is 5.91 Å². The van der Waals surface area contributed by atoms with Crippen LogP contribution in [0.25, 0.3) is 11.0 Å². The number of anilines is 1. The highest BCUT2D eigenvalue weighted by Crippen LogP contribution is 2.27. The largest absolute Gasteiger partial charge is 0.451 e. The first-order valence-corrected chi connectivity index (χ1v) is 11.3. The van der Waals surface area contributed by atoms with Crippen molar-refractivity contribution in [1.29, 1.82) is 0 Å². The zero-order valence-electron chi connectivity index (χ0n) is 18.3. The molecule has 8 heteroatoms. The van der Waals surface area contributed by atoms with E-state index in [-0.39, 0.29) is 36.2 Å². The van der Waals surface area contributed by atoms with Crippen LogP contribution in [-0.4, -0.2) is 55.0 Å². The van der Waals surface area contributed by atoms with E-state index in [0.29, 0.717) is 25.2 Å². The first-order valence-electron chi connectivity index (χ1n) is 11.3. The van der Waals surface area contributed by atoms with E-state index in [1.54, 1.807) is 15.9 Å². The van der Waals surface area contributed by atoms with Crippen molar-refractivity contribution in [3.05, 3.63) is 65.9 Å². The minimum absolute atomic E-state index is 0.0559. The van der Waals surface area contributed by atoms with Crippen molar-refractivity contribution in [3.63, 3.8) is 0 Å². The Labute approximate surface area is 191 Å². The highest BCUT2D eigenvalue weighted by atomic mass is 16.3. The standard InChI is InChI=1S/C25H26N4O4/c30-23(29-13-11-17-6-1-3-9-20(17)29)15-26-25(32)28-12-5-8-19(16-28)27-24(31)22-14-18-7-2-4-10-21(18)33-22/h1-4,6-7,9-10,14,19H,5,8,11-13,15-16H2,(H,26,32)(H,27,31). The van der Waals surface area contributed by atoms with E-state index in [0.717, 1.165) is 35.9 Å². The van der Waals surface area contributed by atoms with E-state index >= 15 is 0 Å². The number of nitrogens with one attached hydrogen (secondary N) is 2. The van der Waals surface area contributed by atoms with E-state index in [2.05, 4.69) is 10.6 Å². The summed E-state index contributed by atoms with van der Waals surface area (Å²) in [5, 5.41) is 6.59. The van der Waals surface area contributed by atoms with Crippen LogP contribution in [0.4, 0.5) is 10.5 Å². The molecular weight excluding hydrogens is 420 g/mol. The monoisotopic (exact) mass is 446 g/mol. The normalized spacial score (nSPS) is 17.6. The van der Waals surface area contributed by atoms with Gasteiger partial charge in [0.25, 0.3) is 5.91 Å². The predicted molar refractivity (Wildman–Crippen MR) is 124 cm³/mol. The van der Waals surface area contributed by atoms with Gasteiger partial charge in [-0.1, -0.05) is 36.4 Å². The number of fused-ring (bicyclic) bond motifs is 2. The maximum atomic E-state index is 12.7. The van der Waals surface area contributed by atoms with Crippen LogP contribution in [0, 0.1) is 0 Å². The maximum absolute atomic E-state index is 12.7. The molecule has 3 heterocycles. The van der Waals surface area contributed by atoms with Crippen LogP contribution in [0.1, 0.15) is 29.0 Å². The summed E-state index contributed by atoms with van der Waals surface area (Å²) in [6.07, 6.45) is 2.37. The minimum Gasteiger partial charge on any atom is -0.451 e. The summed E-state index contributed by atoms with van der Waals surface area (Å²) in [5.41, 5.74) is 2.73. The number of carbonyl (C=O) groups is 3. The van der Waals surface area contributed by atoms with Gasteiger partial charge >= 0.3 is 6.03 Å². The molecule has 33 heavy (non-hydrogen) atoms. The first kappa shape index (κ1) is 21.1. The lowest BCUT2D eigenvalue weighted by Crippen LogP contribution is -2.53. The van der Waals surface area contributed by atoms with E-state index in [1.807, 2.05) is 48.5 Å². The summed E-state index contributed by atoms with van der Waals surface area (Å²) < 4.78 is 5.64. The lowest BCUT2D eigenvalue weighted by Gasteiger charge is -2.33. The van der Waals surface area contributed by atoms with Crippen molar-refractivity contribution in [3.8, 4) is 0 Å². The third kappa shape index (κ3) is 4.41. The third-order valence-corrected chi connectivity index (χ3v) is 6.27. The Hall–Kier alpha value is -3.81. The fourth-order valence-corrected chi connectivity index (χ4v) is 4.59. The second-order valence-corrected chi connectivity index (χ2v) is 8.49. The van der Waals surface area contributed by atoms with Crippen LogP contribution in [0.3, 0.4) is 0 Å². The summed E-state index contributed by atoms with van der Waals surface area (Å²) in [6, 6.07) is 16.6. The molecule has 0 aliphatic carbocycles. The molecule has 8 nitrogen and oxygen atoms in total. The summed E-state index contributed by atoms with van der Waals surface area (Å²) in [4.78, 5) is 41.4. The molecule has 0 bridgehead atoms. The van der Waals surface area contributed by atoms with Gasteiger partial charge < -0.3 is 24.9 Å². The van der Waals surface area contributed by atoms with Crippen LogP contribution in [0.15, 0.2) is 59.0 Å². The zero-order chi connectivity index (χ0) is 22.8. The van der Waals surface area contributed by atoms with Crippen LogP contribution in [-0.2, 0) is 11.2 Å². The van der Waals surface area contributed by atoms with Gasteiger partial charge in [0, 0.05) is 36.7 Å². The fourth-order valence-electron chi connectivity index (χ4n) is 4.59. The van der Waals surface area contributed by atoms with Gasteiger partial charge in [-0.2, -0.15) is 0 Å². The number of rotatable bonds is 4. The number of carbonyl (C=O) groups excluding carboxylic acids is 3. The summed E-state index contributed by atoms with van der Waals surface area (Å²) >= 11 is 0. The SMILES string of the molecule is O=C(NC1CCCN(C(=O)NCC(=O)N2CCc3ccccc32)C1)c1cc2ccccc2o1. The maximum Gasteiger partial charge on any atom is 0.317 e. The minimum atomic E-state index is -0.293. The van der Waals surface area contributed by atoms with Crippen LogP contribution in [0.5, 0.6) is 0 Å². The lowest BCUT2D eigenvalue weighted by atomic mass is 10.1. The van der Waals surface area contributed by atoms with Crippen molar-refractivity contribution in [2.45, 2.75) is 25.3 Å². The molecule has 3 aromatic rings. The van der Waals surface area contributed by atoms with Crippen LogP contribution < -0.4 is 15.5 Å². The number of benzene rings is 2. The highest BCUT2D eigenvalue weighted by Gasteiger charge is 2.28. The second-order valence-electron chi connectivity index (χ2n) is 8.49. The van der Waals surface area contributed by atoms with E-state index in [4.69, 9.17) is 4.42 Å². The molecule has 170 valence electrons. The van der Waals surface area contributed by atoms with Crippen molar-refractivity contribution < 1.29 is 18.8 Å². The van der Waals surface area contributed by atoms with E-state index in [1.165, 1.54) is 0 Å². The molecule has 1 fully saturated rings. The van der Waals surface area contributed by atoms with Crippen molar-refractivity contribution >= 4 is 34.5 Å². The van der Waals surface area contributed by atoms with Gasteiger partial charge in [-0.25, -0.2) is 4.79 Å². The Morgan fingerprint density at radius 2 is 1.85 bits per heavy atom. The van der Waals surface area contributed by atoms with Gasteiger partial charge in [0.05, 0.1) is 6.54 Å². The average Bonchev–Trinajstić information content (AvgIpc) is 3.47. The lowest BCUT2D eigenvalue weighted by molar-refractivity contribution is -0.117. The molecule has 1 atom stereocenters. The van der Waals surface area contributed by atoms with Crippen molar-refractivity contribution in [2.24, 2.45) is 0 Å². The van der Waals surface area contributed by atoms with Gasteiger partial charge in [-0.15, -0.1) is 0 Å². The Balaban J connectivity index is 1.14. The molecule has 0 saturated carbocycles. The van der Waals surface area contributed by atoms with Gasteiger partial charge in [0.15, 0.2) is 5.76 Å². The summed E-state index contributed by atoms with van der Waals surface area (Å²) in [5.74, 6) is -0.157. The van der Waals surface area contributed by atoms with Gasteiger partial charge in [0.1, 0.15) is 5.58 Å². The van der Waals surface area contributed by atoms with Crippen molar-refractivity contribution in [2.75, 3.05) is 31.1 Å². The number of furan rings is 1. The molecule has 2 aliphatic heterocycles. The van der Waals surface area contributed by atoms with Crippen molar-refractivity contribution in [1.82, 2.24) is 15.5 Å². The molecule has 1 unspecified atom stereocenters. The smallest absolute Gasteiger partial charge is 0.317 e. The molecule has 4 amide bonds. The van der Waals surface area contributed by atoms with E-state index in [9.17, 15) is 14.4 Å². The number of hydrogen-bond acceptors (Lipinski definition) is 4. The molecule has 1 aromatic heterocycles.